The van der Waals surface area contributed by atoms with Crippen LogP contribution in [0.15, 0.2) is 57.5 Å². The van der Waals surface area contributed by atoms with E-state index in [1.165, 1.54) is 0 Å². The predicted octanol–water partition coefficient (Wildman–Crippen LogP) is 7.45. The van der Waals surface area contributed by atoms with E-state index in [9.17, 15) is 4.79 Å². The first-order valence-corrected chi connectivity index (χ1v) is 13.2. The number of carbonyl (C=O) groups is 1. The fraction of sp³-hybridized carbons (Fsp3) is 0.500. The average Bonchev–Trinajstić information content (AvgIpc) is 3.43. The van der Waals surface area contributed by atoms with E-state index in [4.69, 9.17) is 18.9 Å². The lowest BCUT2D eigenvalue weighted by atomic mass is 9.74. The van der Waals surface area contributed by atoms with Gasteiger partial charge in [-0.25, -0.2) is 9.78 Å². The van der Waals surface area contributed by atoms with Crippen molar-refractivity contribution in [2.75, 3.05) is 13.2 Å². The molecule has 0 spiro atoms. The second kappa shape index (κ2) is 10.7. The van der Waals surface area contributed by atoms with E-state index in [2.05, 4.69) is 47.7 Å². The standard InChI is InChI=1S/C28H35BrN2O4/c1-5-8-19(9-6-2)17-33-26(32)31-28(12-7-3)13-10-20(11-14-28)25-30-23-16-21(29)15-22(24(23)35-25)27(4)18-34-27/h5-6,8-9,15-16,20H,1,7,10-14,17-18H2,2-4H3,(H,31,32)/b9-6-,19-8+. The summed E-state index contributed by atoms with van der Waals surface area (Å²) in [4.78, 5) is 17.5. The van der Waals surface area contributed by atoms with Crippen LogP contribution >= 0.6 is 15.9 Å². The molecule has 2 fully saturated rings. The zero-order valence-electron chi connectivity index (χ0n) is 20.9. The lowest BCUT2D eigenvalue weighted by Crippen LogP contribution is -2.50. The zero-order valence-corrected chi connectivity index (χ0v) is 22.4. The Labute approximate surface area is 216 Å². The molecule has 1 aromatic heterocycles. The van der Waals surface area contributed by atoms with Crippen LogP contribution < -0.4 is 5.32 Å². The quantitative estimate of drug-likeness (QED) is 0.263. The molecular formula is C28H35BrN2O4. The summed E-state index contributed by atoms with van der Waals surface area (Å²) in [5, 5.41) is 3.20. The van der Waals surface area contributed by atoms with Gasteiger partial charge in [0, 0.05) is 21.5 Å². The van der Waals surface area contributed by atoms with Gasteiger partial charge in [0.05, 0.1) is 6.61 Å². The molecule has 1 atom stereocenters. The SMILES string of the molecule is C=C/C=C(\C=C/C)COC(=O)NC1(CCC)CCC(c2nc3cc(Br)cc(C4(C)CO4)c3o2)CC1. The van der Waals surface area contributed by atoms with Crippen LogP contribution in [0.3, 0.4) is 0 Å². The smallest absolute Gasteiger partial charge is 0.407 e. The lowest BCUT2D eigenvalue weighted by Gasteiger charge is -2.39. The summed E-state index contributed by atoms with van der Waals surface area (Å²) >= 11 is 3.60. The second-order valence-electron chi connectivity index (χ2n) is 9.86. The van der Waals surface area contributed by atoms with Gasteiger partial charge in [-0.15, -0.1) is 0 Å². The molecule has 2 heterocycles. The highest BCUT2D eigenvalue weighted by Gasteiger charge is 2.44. The minimum Gasteiger partial charge on any atom is -0.445 e. The Bertz CT molecular complexity index is 1140. The van der Waals surface area contributed by atoms with Crippen molar-refractivity contribution in [3.05, 3.63) is 64.5 Å². The number of halogens is 1. The van der Waals surface area contributed by atoms with Crippen LogP contribution in [-0.2, 0) is 15.1 Å². The third-order valence-corrected chi connectivity index (χ3v) is 7.55. The van der Waals surface area contributed by atoms with E-state index >= 15 is 0 Å². The molecule has 1 unspecified atom stereocenters. The maximum absolute atomic E-state index is 12.7. The Morgan fingerprint density at radius 2 is 2.11 bits per heavy atom. The predicted molar refractivity (Wildman–Crippen MR) is 141 cm³/mol. The van der Waals surface area contributed by atoms with E-state index in [1.54, 1.807) is 6.08 Å². The first-order chi connectivity index (χ1) is 16.8. The van der Waals surface area contributed by atoms with E-state index < -0.39 is 0 Å². The normalized spacial score (nSPS) is 26.7. The van der Waals surface area contributed by atoms with E-state index in [-0.39, 0.29) is 29.8 Å². The number of ether oxygens (including phenoxy) is 2. The minimum absolute atomic E-state index is 0.219. The lowest BCUT2D eigenvalue weighted by molar-refractivity contribution is 0.124. The second-order valence-corrected chi connectivity index (χ2v) is 10.8. The van der Waals surface area contributed by atoms with Crippen molar-refractivity contribution in [2.24, 2.45) is 0 Å². The molecule has 0 radical (unpaired) electrons. The van der Waals surface area contributed by atoms with Crippen molar-refractivity contribution in [1.82, 2.24) is 10.3 Å². The molecule has 1 aromatic carbocycles. The molecule has 7 heteroatoms. The van der Waals surface area contributed by atoms with Gasteiger partial charge in [-0.3, -0.25) is 0 Å². The molecule has 2 aromatic rings. The highest BCUT2D eigenvalue weighted by Crippen LogP contribution is 2.45. The Morgan fingerprint density at radius 3 is 2.74 bits per heavy atom. The number of fused-ring (bicyclic) bond motifs is 1. The first-order valence-electron chi connectivity index (χ1n) is 12.4. The van der Waals surface area contributed by atoms with E-state index in [0.29, 0.717) is 6.61 Å². The number of oxazole rings is 1. The number of nitrogens with one attached hydrogen (secondary N) is 1. The Kier molecular flexibility index (Phi) is 7.86. The van der Waals surface area contributed by atoms with Crippen LogP contribution in [0.2, 0.25) is 0 Å². The van der Waals surface area contributed by atoms with Gasteiger partial charge in [0.2, 0.25) is 0 Å². The third-order valence-electron chi connectivity index (χ3n) is 7.09. The highest BCUT2D eigenvalue weighted by atomic mass is 79.9. The monoisotopic (exact) mass is 542 g/mol. The number of carbonyl (C=O) groups excluding carboxylic acids is 1. The van der Waals surface area contributed by atoms with Gasteiger partial charge in [0.15, 0.2) is 11.5 Å². The molecule has 1 saturated heterocycles. The van der Waals surface area contributed by atoms with Gasteiger partial charge < -0.3 is 19.2 Å². The third kappa shape index (κ3) is 5.89. The number of hydrogen-bond donors (Lipinski definition) is 1. The van der Waals surface area contributed by atoms with Crippen molar-refractivity contribution in [1.29, 1.82) is 0 Å². The van der Waals surface area contributed by atoms with Crippen molar-refractivity contribution in [3.8, 4) is 0 Å². The van der Waals surface area contributed by atoms with Crippen molar-refractivity contribution in [2.45, 2.75) is 76.4 Å². The topological polar surface area (TPSA) is 76.9 Å². The van der Waals surface area contributed by atoms with Crippen molar-refractivity contribution >= 4 is 33.1 Å². The number of epoxide rings is 1. The molecule has 1 N–H and O–H groups in total. The number of amides is 1. The molecule has 0 bridgehead atoms. The first kappa shape index (κ1) is 25.7. The Balaban J connectivity index is 1.43. The van der Waals surface area contributed by atoms with Gasteiger partial charge in [0.25, 0.3) is 0 Å². The van der Waals surface area contributed by atoms with Crippen LogP contribution in [0.1, 0.15) is 76.7 Å². The summed E-state index contributed by atoms with van der Waals surface area (Å²) in [6, 6.07) is 4.07. The van der Waals surface area contributed by atoms with Crippen LogP contribution in [0.5, 0.6) is 0 Å². The van der Waals surface area contributed by atoms with Gasteiger partial charge in [-0.1, -0.05) is 60.2 Å². The van der Waals surface area contributed by atoms with E-state index in [0.717, 1.165) is 71.1 Å². The molecule has 1 aliphatic carbocycles. The maximum atomic E-state index is 12.7. The van der Waals surface area contributed by atoms with Crippen LogP contribution in [0.4, 0.5) is 4.79 Å². The summed E-state index contributed by atoms with van der Waals surface area (Å²) in [6.45, 7) is 10.8. The molecule has 6 nitrogen and oxygen atoms in total. The summed E-state index contributed by atoms with van der Waals surface area (Å²) in [7, 11) is 0. The van der Waals surface area contributed by atoms with E-state index in [1.807, 2.05) is 31.2 Å². The largest absolute Gasteiger partial charge is 0.445 e. The van der Waals surface area contributed by atoms with Gasteiger partial charge in [-0.2, -0.15) is 0 Å². The molecule has 2 aliphatic rings. The number of rotatable bonds is 9. The number of allylic oxidation sites excluding steroid dienone is 3. The summed E-state index contributed by atoms with van der Waals surface area (Å²) in [5.41, 5.74) is 3.07. The summed E-state index contributed by atoms with van der Waals surface area (Å²) in [6.07, 6.45) is 12.4. The minimum atomic E-state index is -0.370. The van der Waals surface area contributed by atoms with Crippen molar-refractivity contribution in [3.63, 3.8) is 0 Å². The molecular weight excluding hydrogens is 508 g/mol. The van der Waals surface area contributed by atoms with Crippen LogP contribution in [0, 0.1) is 0 Å². The number of aromatic nitrogens is 1. The molecule has 1 amide bonds. The molecule has 188 valence electrons. The average molecular weight is 544 g/mol. The highest BCUT2D eigenvalue weighted by molar-refractivity contribution is 9.10. The molecule has 1 aliphatic heterocycles. The maximum Gasteiger partial charge on any atom is 0.407 e. The summed E-state index contributed by atoms with van der Waals surface area (Å²) < 4.78 is 18.5. The fourth-order valence-corrected chi connectivity index (χ4v) is 5.54. The Morgan fingerprint density at radius 1 is 1.37 bits per heavy atom. The Hall–Kier alpha value is -2.38. The van der Waals surface area contributed by atoms with Crippen LogP contribution in [0.25, 0.3) is 11.1 Å². The zero-order chi connectivity index (χ0) is 25.1. The molecule has 35 heavy (non-hydrogen) atoms. The number of nitrogens with zero attached hydrogens (tertiary/aromatic N) is 1. The van der Waals surface area contributed by atoms with Crippen LogP contribution in [-0.4, -0.2) is 29.8 Å². The van der Waals surface area contributed by atoms with Gasteiger partial charge in [-0.05, 0) is 63.7 Å². The fourth-order valence-electron chi connectivity index (χ4n) is 5.10. The van der Waals surface area contributed by atoms with Gasteiger partial charge >= 0.3 is 6.09 Å². The number of benzene rings is 1. The molecule has 4 rings (SSSR count). The van der Waals surface area contributed by atoms with Crippen molar-refractivity contribution < 1.29 is 18.7 Å². The summed E-state index contributed by atoms with van der Waals surface area (Å²) in [5.74, 6) is 1.00. The van der Waals surface area contributed by atoms with Gasteiger partial charge in [0.1, 0.15) is 17.7 Å². The number of alkyl carbamates (subject to hydrolysis) is 1. The molecule has 1 saturated carbocycles. The number of hydrogen-bond acceptors (Lipinski definition) is 5.